The smallest absolute Gasteiger partial charge is 0.406 e. The largest absolute Gasteiger partial charge is 0.573 e. The van der Waals surface area contributed by atoms with E-state index in [0.717, 1.165) is 40.6 Å². The molecule has 1 saturated heterocycles. The van der Waals surface area contributed by atoms with Gasteiger partial charge in [0.15, 0.2) is 17.2 Å². The lowest BCUT2D eigenvalue weighted by Gasteiger charge is -2.21. The van der Waals surface area contributed by atoms with Gasteiger partial charge in [-0.1, -0.05) is 53.7 Å². The Balaban J connectivity index is 1.23. The Morgan fingerprint density at radius 1 is 1.02 bits per heavy atom. The maximum Gasteiger partial charge on any atom is 0.573 e. The summed E-state index contributed by atoms with van der Waals surface area (Å²) in [6.07, 6.45) is -8.14. The molecule has 1 aliphatic heterocycles. The molecular weight excluding hydrogens is 619 g/mol. The summed E-state index contributed by atoms with van der Waals surface area (Å²) >= 11 is 1.03. The van der Waals surface area contributed by atoms with Crippen molar-refractivity contribution < 1.29 is 36.3 Å². The van der Waals surface area contributed by atoms with Crippen molar-refractivity contribution in [1.82, 2.24) is 20.1 Å². The van der Waals surface area contributed by atoms with Crippen molar-refractivity contribution in [2.24, 2.45) is 4.99 Å². The predicted octanol–water partition coefficient (Wildman–Crippen LogP) is 6.91. The number of ether oxygens (including phenoxy) is 1. The minimum absolute atomic E-state index is 0.0479. The van der Waals surface area contributed by atoms with E-state index in [1.54, 1.807) is 0 Å². The Hall–Kier alpha value is -4.79. The first kappa shape index (κ1) is 31.6. The quantitative estimate of drug-likeness (QED) is 0.173. The number of hydrogen-bond donors (Lipinski definition) is 1. The van der Waals surface area contributed by atoms with Crippen LogP contribution in [0.15, 0.2) is 72.0 Å². The van der Waals surface area contributed by atoms with Crippen LogP contribution in [-0.4, -0.2) is 50.3 Å². The summed E-state index contributed by atoms with van der Waals surface area (Å²) in [4.78, 5) is 34.5. The first-order valence-corrected chi connectivity index (χ1v) is 14.4. The minimum Gasteiger partial charge on any atom is -0.406 e. The van der Waals surface area contributed by atoms with E-state index in [4.69, 9.17) is 0 Å². The number of carbonyl (C=O) groups excluding carboxylic acids is 2. The standard InChI is InChI=1S/C30H25F5N6O3S/c1-16-12-17(2)25(18(3)13-16)41-23(42)14-45-29(41)38-28(43)37-26(32)24(31)19-4-6-20(7-5-19)27-36-15-40(39-27)21-8-10-22(11-9-21)44-30(33,34)35/h4-13,15,24,26H,14H2,1-3H3,(H,37,43). The number of amides is 3. The first-order chi connectivity index (χ1) is 21.3. The Bertz CT molecular complexity index is 1740. The maximum absolute atomic E-state index is 15.0. The van der Waals surface area contributed by atoms with Gasteiger partial charge in [-0.15, -0.1) is 18.3 Å². The fraction of sp³-hybridized carbons (Fsp3) is 0.233. The SMILES string of the molecule is Cc1cc(C)c(N2C(=O)CSC2=NC(=O)NC(F)C(F)c2ccc(-c3ncn(-c4ccc(OC(F)(F)F)cc4)n3)cc2)c(C)c1. The second kappa shape index (κ2) is 12.7. The van der Waals surface area contributed by atoms with E-state index in [1.807, 2.05) is 38.2 Å². The van der Waals surface area contributed by atoms with E-state index in [2.05, 4.69) is 19.8 Å². The number of amidine groups is 1. The number of aliphatic imine (C=N–C) groups is 1. The highest BCUT2D eigenvalue weighted by Gasteiger charge is 2.33. The van der Waals surface area contributed by atoms with Gasteiger partial charge in [-0.25, -0.2) is 23.2 Å². The molecule has 5 rings (SSSR count). The first-order valence-electron chi connectivity index (χ1n) is 13.4. The van der Waals surface area contributed by atoms with Crippen LogP contribution < -0.4 is 15.0 Å². The van der Waals surface area contributed by atoms with Crippen molar-refractivity contribution in [3.05, 3.63) is 89.2 Å². The number of nitrogens with one attached hydrogen (secondary N) is 1. The van der Waals surface area contributed by atoms with Crippen molar-refractivity contribution >= 4 is 34.6 Å². The Morgan fingerprint density at radius 2 is 1.67 bits per heavy atom. The minimum atomic E-state index is -4.81. The van der Waals surface area contributed by atoms with Gasteiger partial charge in [-0.3, -0.25) is 9.69 Å². The monoisotopic (exact) mass is 644 g/mol. The van der Waals surface area contributed by atoms with Crippen LogP contribution in [0.3, 0.4) is 0 Å². The molecule has 15 heteroatoms. The molecule has 3 aromatic carbocycles. The molecular formula is C30H25F5N6O3S. The zero-order valence-electron chi connectivity index (χ0n) is 24.0. The third-order valence-electron chi connectivity index (χ3n) is 6.65. The number of hydrogen-bond acceptors (Lipinski definition) is 6. The van der Waals surface area contributed by atoms with Gasteiger partial charge in [0.05, 0.1) is 17.1 Å². The summed E-state index contributed by atoms with van der Waals surface area (Å²) in [6, 6.07) is 13.2. The molecule has 0 radical (unpaired) electrons. The molecule has 0 aliphatic carbocycles. The second-order valence-corrected chi connectivity index (χ2v) is 11.0. The van der Waals surface area contributed by atoms with Gasteiger partial charge < -0.3 is 10.1 Å². The zero-order chi connectivity index (χ0) is 32.5. The van der Waals surface area contributed by atoms with Gasteiger partial charge in [-0.2, -0.15) is 4.99 Å². The van der Waals surface area contributed by atoms with Gasteiger partial charge >= 0.3 is 12.4 Å². The van der Waals surface area contributed by atoms with Crippen molar-refractivity contribution in [2.45, 2.75) is 39.6 Å². The lowest BCUT2D eigenvalue weighted by Crippen LogP contribution is -2.36. The molecule has 1 aliphatic rings. The number of thioether (sulfide) groups is 1. The lowest BCUT2D eigenvalue weighted by molar-refractivity contribution is -0.274. The third kappa shape index (κ3) is 7.30. The number of anilines is 1. The molecule has 9 nitrogen and oxygen atoms in total. The summed E-state index contributed by atoms with van der Waals surface area (Å²) in [5.74, 6) is -0.401. The Morgan fingerprint density at radius 3 is 2.29 bits per heavy atom. The number of carbonyl (C=O) groups is 2. The van der Waals surface area contributed by atoms with Crippen LogP contribution in [0.1, 0.15) is 28.4 Å². The average Bonchev–Trinajstić information content (AvgIpc) is 3.59. The van der Waals surface area contributed by atoms with Crippen LogP contribution in [0.2, 0.25) is 0 Å². The number of aromatic nitrogens is 3. The number of aryl methyl sites for hydroxylation is 3. The molecule has 0 bridgehead atoms. The highest BCUT2D eigenvalue weighted by Crippen LogP contribution is 2.33. The van der Waals surface area contributed by atoms with Crippen LogP contribution in [0.4, 0.5) is 32.4 Å². The molecule has 2 unspecified atom stereocenters. The number of alkyl halides is 5. The fourth-order valence-electron chi connectivity index (χ4n) is 4.81. The maximum atomic E-state index is 15.0. The zero-order valence-corrected chi connectivity index (χ0v) is 24.8. The van der Waals surface area contributed by atoms with Gasteiger partial charge in [0.2, 0.25) is 12.2 Å². The number of halogens is 5. The van der Waals surface area contributed by atoms with Crippen LogP contribution in [-0.2, 0) is 4.79 Å². The van der Waals surface area contributed by atoms with Crippen molar-refractivity contribution in [3.63, 3.8) is 0 Å². The summed E-state index contributed by atoms with van der Waals surface area (Å²) in [7, 11) is 0. The number of nitrogens with zero attached hydrogens (tertiary/aromatic N) is 5. The van der Waals surface area contributed by atoms with E-state index in [0.29, 0.717) is 16.9 Å². The van der Waals surface area contributed by atoms with E-state index in [1.165, 1.54) is 52.3 Å². The highest BCUT2D eigenvalue weighted by molar-refractivity contribution is 8.15. The molecule has 2 heterocycles. The van der Waals surface area contributed by atoms with Gasteiger partial charge in [0.1, 0.15) is 12.1 Å². The van der Waals surface area contributed by atoms with Crippen LogP contribution in [0.5, 0.6) is 5.75 Å². The highest BCUT2D eigenvalue weighted by atomic mass is 32.2. The van der Waals surface area contributed by atoms with Crippen LogP contribution in [0.25, 0.3) is 17.1 Å². The second-order valence-electron chi connectivity index (χ2n) is 10.1. The van der Waals surface area contributed by atoms with Gasteiger partial charge in [-0.05, 0) is 61.7 Å². The molecule has 1 aromatic heterocycles. The van der Waals surface area contributed by atoms with E-state index in [9.17, 15) is 27.2 Å². The molecule has 0 saturated carbocycles. The third-order valence-corrected chi connectivity index (χ3v) is 7.58. The van der Waals surface area contributed by atoms with E-state index < -0.39 is 24.9 Å². The van der Waals surface area contributed by atoms with Crippen LogP contribution in [0, 0.1) is 20.8 Å². The van der Waals surface area contributed by atoms with Crippen LogP contribution >= 0.6 is 11.8 Å². The molecule has 0 spiro atoms. The molecule has 3 amide bonds. The normalized spacial score (nSPS) is 15.8. The fourth-order valence-corrected chi connectivity index (χ4v) is 5.66. The average molecular weight is 645 g/mol. The molecule has 45 heavy (non-hydrogen) atoms. The van der Waals surface area contributed by atoms with Crippen molar-refractivity contribution in [1.29, 1.82) is 0 Å². The summed E-state index contributed by atoms with van der Waals surface area (Å²) in [5.41, 5.74) is 4.01. The molecule has 1 N–H and O–H groups in total. The van der Waals surface area contributed by atoms with Crippen molar-refractivity contribution in [3.8, 4) is 22.8 Å². The van der Waals surface area contributed by atoms with Crippen molar-refractivity contribution in [2.75, 3.05) is 10.7 Å². The number of benzene rings is 3. The predicted molar refractivity (Wildman–Crippen MR) is 159 cm³/mol. The molecule has 2 atom stereocenters. The topological polar surface area (TPSA) is 102 Å². The molecule has 1 fully saturated rings. The summed E-state index contributed by atoms with van der Waals surface area (Å²) in [5, 5.41) is 6.24. The van der Waals surface area contributed by atoms with Gasteiger partial charge in [0.25, 0.3) is 0 Å². The molecule has 4 aromatic rings. The summed E-state index contributed by atoms with van der Waals surface area (Å²) in [6.45, 7) is 5.59. The number of rotatable bonds is 7. The van der Waals surface area contributed by atoms with E-state index >= 15 is 4.39 Å². The number of urea groups is 1. The van der Waals surface area contributed by atoms with E-state index in [-0.39, 0.29) is 34.0 Å². The Kier molecular flexibility index (Phi) is 8.91. The lowest BCUT2D eigenvalue weighted by atomic mass is 10.0. The van der Waals surface area contributed by atoms with Gasteiger partial charge in [0, 0.05) is 5.56 Å². The summed E-state index contributed by atoms with van der Waals surface area (Å²) < 4.78 is 72.2. The molecule has 234 valence electrons. The Labute approximate surface area is 258 Å².